The molecule has 2 N–H and O–H groups in total. The molecule has 0 aromatic carbocycles. The van der Waals surface area contributed by atoms with Crippen molar-refractivity contribution in [1.29, 1.82) is 0 Å². The zero-order valence-corrected chi connectivity index (χ0v) is 12.6. The number of pyridine rings is 1. The predicted octanol–water partition coefficient (Wildman–Crippen LogP) is 0.614. The number of rotatable bonds is 5. The van der Waals surface area contributed by atoms with E-state index in [0.29, 0.717) is 26.3 Å². The van der Waals surface area contributed by atoms with Crippen LogP contribution in [0.2, 0.25) is 0 Å². The number of ether oxygens (including phenoxy) is 1. The third-order valence-corrected chi connectivity index (χ3v) is 3.54. The Balaban J connectivity index is 2.20. The molecule has 1 aromatic heterocycles. The second kappa shape index (κ2) is 7.38. The van der Waals surface area contributed by atoms with Gasteiger partial charge in [0.2, 0.25) is 5.91 Å². The minimum atomic E-state index is -0.350. The first-order valence-electron chi connectivity index (χ1n) is 7.35. The Morgan fingerprint density at radius 1 is 1.62 bits per heavy atom. The molecule has 0 saturated carbocycles. The van der Waals surface area contributed by atoms with Gasteiger partial charge in [-0.25, -0.2) is 4.98 Å². The molecule has 1 unspecified atom stereocenters. The van der Waals surface area contributed by atoms with Crippen LogP contribution in [0.5, 0.6) is 0 Å². The van der Waals surface area contributed by atoms with Gasteiger partial charge < -0.3 is 20.1 Å². The number of anilines is 1. The Hall–Kier alpha value is -1.66. The molecule has 1 fully saturated rings. The van der Waals surface area contributed by atoms with Gasteiger partial charge >= 0.3 is 0 Å². The molecule has 0 aliphatic carbocycles. The number of carbonyl (C=O) groups excluding carboxylic acids is 1. The van der Waals surface area contributed by atoms with E-state index in [2.05, 4.69) is 10.3 Å². The van der Waals surface area contributed by atoms with E-state index >= 15 is 0 Å². The number of aromatic nitrogens is 1. The van der Waals surface area contributed by atoms with Crippen LogP contribution >= 0.6 is 0 Å². The first-order valence-corrected chi connectivity index (χ1v) is 7.35. The van der Waals surface area contributed by atoms with E-state index in [-0.39, 0.29) is 18.6 Å². The van der Waals surface area contributed by atoms with E-state index in [1.807, 2.05) is 24.8 Å². The highest BCUT2D eigenvalue weighted by Crippen LogP contribution is 2.22. The molecular weight excluding hydrogens is 270 g/mol. The van der Waals surface area contributed by atoms with Crippen molar-refractivity contribution in [3.63, 3.8) is 0 Å². The number of aryl methyl sites for hydroxylation is 1. The van der Waals surface area contributed by atoms with Crippen molar-refractivity contribution in [3.05, 3.63) is 23.4 Å². The number of aliphatic hydroxyl groups is 1. The van der Waals surface area contributed by atoms with Gasteiger partial charge in [0.15, 0.2) is 0 Å². The van der Waals surface area contributed by atoms with Gasteiger partial charge in [0.05, 0.1) is 19.8 Å². The second-order valence-corrected chi connectivity index (χ2v) is 5.22. The fourth-order valence-corrected chi connectivity index (χ4v) is 2.45. The number of amides is 1. The number of nitrogens with one attached hydrogen (secondary N) is 1. The average molecular weight is 293 g/mol. The molecule has 1 aromatic rings. The van der Waals surface area contributed by atoms with Gasteiger partial charge in [-0.1, -0.05) is 6.92 Å². The van der Waals surface area contributed by atoms with Crippen molar-refractivity contribution in [2.75, 3.05) is 31.2 Å². The molecule has 116 valence electrons. The molecule has 6 nitrogen and oxygen atoms in total. The number of carbonyl (C=O) groups is 1. The minimum Gasteiger partial charge on any atom is -0.392 e. The lowest BCUT2D eigenvalue weighted by Gasteiger charge is -2.36. The Morgan fingerprint density at radius 3 is 3.10 bits per heavy atom. The van der Waals surface area contributed by atoms with Crippen LogP contribution in [0.4, 0.5) is 5.82 Å². The van der Waals surface area contributed by atoms with Crippen molar-refractivity contribution in [2.45, 2.75) is 32.9 Å². The zero-order chi connectivity index (χ0) is 15.2. The molecule has 1 aliphatic rings. The first-order chi connectivity index (χ1) is 10.2. The van der Waals surface area contributed by atoms with Crippen LogP contribution in [0.1, 0.15) is 24.5 Å². The highest BCUT2D eigenvalue weighted by Gasteiger charge is 2.30. The smallest absolute Gasteiger partial charge is 0.245 e. The maximum absolute atomic E-state index is 12.3. The Morgan fingerprint density at radius 2 is 2.43 bits per heavy atom. The minimum absolute atomic E-state index is 0.0241. The van der Waals surface area contributed by atoms with Gasteiger partial charge in [-0.15, -0.1) is 0 Å². The largest absolute Gasteiger partial charge is 0.392 e. The third-order valence-electron chi connectivity index (χ3n) is 3.54. The van der Waals surface area contributed by atoms with Crippen LogP contribution < -0.4 is 10.2 Å². The van der Waals surface area contributed by atoms with Crippen LogP contribution in [0.3, 0.4) is 0 Å². The summed E-state index contributed by atoms with van der Waals surface area (Å²) in [6.07, 6.45) is 2.56. The van der Waals surface area contributed by atoms with Crippen LogP contribution in [0, 0.1) is 6.92 Å². The van der Waals surface area contributed by atoms with Gasteiger partial charge in [-0.05, 0) is 30.5 Å². The summed E-state index contributed by atoms with van der Waals surface area (Å²) in [5.74, 6) is 0.760. The maximum atomic E-state index is 12.3. The van der Waals surface area contributed by atoms with Crippen molar-refractivity contribution in [1.82, 2.24) is 10.3 Å². The molecule has 0 spiro atoms. The van der Waals surface area contributed by atoms with Gasteiger partial charge in [-0.3, -0.25) is 4.79 Å². The Kier molecular flexibility index (Phi) is 5.52. The van der Waals surface area contributed by atoms with E-state index in [1.165, 1.54) is 0 Å². The van der Waals surface area contributed by atoms with E-state index in [0.717, 1.165) is 23.4 Å². The van der Waals surface area contributed by atoms with Crippen molar-refractivity contribution < 1.29 is 14.6 Å². The lowest BCUT2D eigenvalue weighted by molar-refractivity contribution is -0.124. The van der Waals surface area contributed by atoms with Gasteiger partial charge in [0.1, 0.15) is 11.9 Å². The molecule has 1 saturated heterocycles. The van der Waals surface area contributed by atoms with E-state index in [1.54, 1.807) is 6.20 Å². The fourth-order valence-electron chi connectivity index (χ4n) is 2.45. The molecule has 21 heavy (non-hydrogen) atoms. The monoisotopic (exact) mass is 293 g/mol. The summed E-state index contributed by atoms with van der Waals surface area (Å²) in [5, 5.41) is 12.1. The molecular formula is C15H23N3O3. The third kappa shape index (κ3) is 3.71. The number of aliphatic hydroxyl groups excluding tert-OH is 1. The van der Waals surface area contributed by atoms with Crippen molar-refractivity contribution >= 4 is 11.7 Å². The van der Waals surface area contributed by atoms with E-state index < -0.39 is 0 Å². The van der Waals surface area contributed by atoms with E-state index in [9.17, 15) is 4.79 Å². The molecule has 0 bridgehead atoms. The number of hydrogen-bond donors (Lipinski definition) is 2. The summed E-state index contributed by atoms with van der Waals surface area (Å²) >= 11 is 0. The highest BCUT2D eigenvalue weighted by atomic mass is 16.5. The SMILES string of the molecule is CCCNC(=O)C1COCCN1c1ncc(CO)cc1C. The van der Waals surface area contributed by atoms with Crippen molar-refractivity contribution in [2.24, 2.45) is 0 Å². The summed E-state index contributed by atoms with van der Waals surface area (Å²) in [6, 6.07) is 1.55. The summed E-state index contributed by atoms with van der Waals surface area (Å²) in [7, 11) is 0. The van der Waals surface area contributed by atoms with Crippen LogP contribution in [-0.2, 0) is 16.1 Å². The second-order valence-electron chi connectivity index (χ2n) is 5.22. The summed E-state index contributed by atoms with van der Waals surface area (Å²) in [4.78, 5) is 18.7. The summed E-state index contributed by atoms with van der Waals surface area (Å²) < 4.78 is 5.45. The lowest BCUT2D eigenvalue weighted by atomic mass is 10.1. The van der Waals surface area contributed by atoms with E-state index in [4.69, 9.17) is 9.84 Å². The number of nitrogens with zero attached hydrogens (tertiary/aromatic N) is 2. The van der Waals surface area contributed by atoms with Crippen LogP contribution in [-0.4, -0.2) is 48.3 Å². The predicted molar refractivity (Wildman–Crippen MR) is 80.2 cm³/mol. The van der Waals surface area contributed by atoms with Crippen LogP contribution in [0.25, 0.3) is 0 Å². The normalized spacial score (nSPS) is 18.6. The zero-order valence-electron chi connectivity index (χ0n) is 12.6. The van der Waals surface area contributed by atoms with Gasteiger partial charge in [-0.2, -0.15) is 0 Å². The summed E-state index contributed by atoms with van der Waals surface area (Å²) in [6.45, 7) is 6.19. The topological polar surface area (TPSA) is 74.7 Å². The average Bonchev–Trinajstić information content (AvgIpc) is 2.52. The molecule has 6 heteroatoms. The van der Waals surface area contributed by atoms with Gasteiger partial charge in [0, 0.05) is 19.3 Å². The number of hydrogen-bond acceptors (Lipinski definition) is 5. The van der Waals surface area contributed by atoms with Gasteiger partial charge in [0.25, 0.3) is 0 Å². The molecule has 0 radical (unpaired) electrons. The quantitative estimate of drug-likeness (QED) is 0.832. The highest BCUT2D eigenvalue weighted by molar-refractivity contribution is 5.85. The molecule has 1 aliphatic heterocycles. The Bertz CT molecular complexity index is 493. The standard InChI is InChI=1S/C15H23N3O3/c1-3-4-16-15(20)13-10-21-6-5-18(13)14-11(2)7-12(9-19)8-17-14/h7-8,13,19H,3-6,9-10H2,1-2H3,(H,16,20). The molecule has 2 heterocycles. The number of morpholine rings is 1. The van der Waals surface area contributed by atoms with Crippen LogP contribution in [0.15, 0.2) is 12.3 Å². The lowest BCUT2D eigenvalue weighted by Crippen LogP contribution is -2.54. The maximum Gasteiger partial charge on any atom is 0.245 e. The molecule has 2 rings (SSSR count). The molecule has 1 atom stereocenters. The molecule has 1 amide bonds. The fraction of sp³-hybridized carbons (Fsp3) is 0.600. The summed E-state index contributed by atoms with van der Waals surface area (Å²) in [5.41, 5.74) is 1.73. The Labute approximate surface area is 125 Å². The van der Waals surface area contributed by atoms with Crippen molar-refractivity contribution in [3.8, 4) is 0 Å². The first kappa shape index (κ1) is 15.7.